The van der Waals surface area contributed by atoms with E-state index in [0.717, 1.165) is 218 Å². The van der Waals surface area contributed by atoms with Gasteiger partial charge in [-0.1, -0.05) is 150 Å². The molecule has 0 amide bonds. The number of hydrogen-bond acceptors (Lipinski definition) is 10. The van der Waals surface area contributed by atoms with Crippen LogP contribution in [0, 0.1) is 48.5 Å². The molecule has 0 saturated heterocycles. The smallest absolute Gasteiger partial charge is 0.503 e. The van der Waals surface area contributed by atoms with Crippen molar-refractivity contribution in [2.45, 2.75) is 0 Å². The first kappa shape index (κ1) is 95.3. The van der Waals surface area contributed by atoms with Gasteiger partial charge in [-0.25, -0.2) is 25.5 Å². The average molecular weight is 2650 g/mol. The van der Waals surface area contributed by atoms with Gasteiger partial charge in [-0.15, -0.1) is 149 Å². The number of hydrogen-bond donors (Lipinski definition) is 0. The number of fused-ring (bicyclic) bond motifs is 28. The van der Waals surface area contributed by atoms with Crippen LogP contribution in [0.15, 0.2) is 419 Å². The summed E-state index contributed by atoms with van der Waals surface area (Å²) >= 11 is 0. The van der Waals surface area contributed by atoms with E-state index >= 15 is 0 Å². The van der Waals surface area contributed by atoms with Crippen molar-refractivity contribution >= 4 is 150 Å². The zero-order valence-electron chi connectivity index (χ0n) is 79.4. The topological polar surface area (TPSA) is 178 Å². The molecule has 26 heteroatoms. The van der Waals surface area contributed by atoms with Crippen molar-refractivity contribution in [1.82, 2.24) is 93.8 Å². The minimum Gasteiger partial charge on any atom is -0.503 e. The molecule has 722 valence electrons. The number of nitrogens with zero attached hydrogens (tertiary/aromatic N) is 20. The number of imidazole rings is 11. The number of rotatable bonds is 12. The third kappa shape index (κ3) is 16.8. The quantitative estimate of drug-likeness (QED) is 0.107. The van der Waals surface area contributed by atoms with Crippen LogP contribution in [0.1, 0.15) is 0 Å². The molecule has 0 atom stereocenters. The Bertz CT molecular complexity index is 10400. The fourth-order valence-electron chi connectivity index (χ4n) is 20.0. The summed E-state index contributed by atoms with van der Waals surface area (Å²) in [5.41, 5.74) is 29.4. The normalized spacial score (nSPS) is 11.4. The van der Waals surface area contributed by atoms with Crippen LogP contribution in [-0.4, -0.2) is 93.8 Å². The second kappa shape index (κ2) is 39.9. The molecule has 0 unspecified atom stereocenters. The van der Waals surface area contributed by atoms with E-state index in [1.807, 2.05) is 217 Å². The molecule has 30 rings (SSSR count). The molecule has 0 aliphatic rings. The molecule has 0 N–H and O–H groups in total. The maximum absolute atomic E-state index is 6.34. The van der Waals surface area contributed by atoms with Gasteiger partial charge in [0.15, 0.2) is 5.75 Å². The fraction of sp³-hybridized carbons (Fsp3) is 0.0244. The van der Waals surface area contributed by atoms with Gasteiger partial charge in [0.1, 0.15) is 11.0 Å². The summed E-state index contributed by atoms with van der Waals surface area (Å²) in [5, 5.41) is 1.85. The van der Waals surface area contributed by atoms with Gasteiger partial charge in [0, 0.05) is 81.3 Å². The Morgan fingerprint density at radius 3 is 1.15 bits per heavy atom. The van der Waals surface area contributed by atoms with Crippen LogP contribution in [0.2, 0.25) is 0 Å². The summed E-state index contributed by atoms with van der Waals surface area (Å²) in [6, 6.07) is 157. The first-order valence-corrected chi connectivity index (χ1v) is 47.5. The summed E-state index contributed by atoms with van der Waals surface area (Å²) in [4.78, 5) is 38.7. The minimum absolute atomic E-state index is 0. The Kier molecular flexibility index (Phi) is 25.5. The number of benzene rings is 17. The Hall–Kier alpha value is -17.2. The molecule has 22 nitrogen and oxygen atoms in total. The summed E-state index contributed by atoms with van der Waals surface area (Å²) in [6.45, 7) is 0. The second-order valence-corrected chi connectivity index (χ2v) is 35.2. The van der Waals surface area contributed by atoms with Crippen molar-refractivity contribution in [3.63, 3.8) is 0 Å². The van der Waals surface area contributed by atoms with Gasteiger partial charge in [-0.3, -0.25) is 41.5 Å². The van der Waals surface area contributed by atoms with Crippen LogP contribution in [0.5, 0.6) is 23.0 Å². The van der Waals surface area contributed by atoms with Crippen LogP contribution >= 0.6 is 0 Å². The van der Waals surface area contributed by atoms with Gasteiger partial charge < -0.3 is 41.9 Å². The van der Waals surface area contributed by atoms with E-state index in [4.69, 9.17) is 34.4 Å². The Labute approximate surface area is 909 Å². The van der Waals surface area contributed by atoms with Crippen molar-refractivity contribution < 1.29 is 93.7 Å². The maximum Gasteiger partial charge on any atom is 2.00 e. The molecule has 30 aromatic rings. The summed E-state index contributed by atoms with van der Waals surface area (Å²) in [6.07, 6.45) is 11.1. The first-order valence-electron chi connectivity index (χ1n) is 47.5. The van der Waals surface area contributed by atoms with Crippen LogP contribution in [0.3, 0.4) is 0 Å². The van der Waals surface area contributed by atoms with Crippen molar-refractivity contribution in [3.05, 3.63) is 468 Å². The Morgan fingerprint density at radius 2 is 0.597 bits per heavy atom. The largest absolute Gasteiger partial charge is 2.00 e. The minimum atomic E-state index is 0. The van der Waals surface area contributed by atoms with Gasteiger partial charge in [0.25, 0.3) is 0 Å². The number of aryl methyl sites for hydroxylation is 3. The molecule has 13 aromatic heterocycles. The molecule has 17 aromatic carbocycles. The van der Waals surface area contributed by atoms with Crippen molar-refractivity contribution in [3.8, 4) is 91.0 Å². The van der Waals surface area contributed by atoms with Gasteiger partial charge in [-0.2, -0.15) is 66.2 Å². The van der Waals surface area contributed by atoms with E-state index in [1.165, 1.54) is 0 Å². The van der Waals surface area contributed by atoms with E-state index < -0.39 is 0 Å². The van der Waals surface area contributed by atoms with Crippen molar-refractivity contribution in [2.24, 2.45) is 21.1 Å². The summed E-state index contributed by atoms with van der Waals surface area (Å²) in [5.74, 6) is 8.41. The van der Waals surface area contributed by atoms with Crippen molar-refractivity contribution in [1.29, 1.82) is 0 Å². The average Bonchev–Trinajstić information content (AvgIpc) is 1.55. The van der Waals surface area contributed by atoms with E-state index in [0.29, 0.717) is 23.0 Å². The predicted molar refractivity (Wildman–Crippen MR) is 573 cm³/mol. The van der Waals surface area contributed by atoms with Crippen LogP contribution in [0.4, 0.5) is 0 Å². The van der Waals surface area contributed by atoms with E-state index in [2.05, 4.69) is 322 Å². The number of aromatic nitrogens is 20. The molecule has 0 saturated carbocycles. The van der Waals surface area contributed by atoms with E-state index in [1.54, 1.807) is 18.6 Å². The molecule has 0 fully saturated rings. The molecular formula is C123H78N20O2Pt4. The van der Waals surface area contributed by atoms with E-state index in [9.17, 15) is 0 Å². The molecule has 0 spiro atoms. The van der Waals surface area contributed by atoms with Crippen LogP contribution < -0.4 is 9.47 Å². The molecule has 13 heterocycles. The summed E-state index contributed by atoms with van der Waals surface area (Å²) < 4.78 is 38.2. The third-order valence-corrected chi connectivity index (χ3v) is 26.4. The zero-order chi connectivity index (χ0) is 96.3. The third-order valence-electron chi connectivity index (χ3n) is 26.4. The van der Waals surface area contributed by atoms with Gasteiger partial charge in [0.05, 0.1) is 100 Å². The monoisotopic (exact) mass is 2650 g/mol. The molecule has 0 aliphatic carbocycles. The Balaban J connectivity index is 0.000000108. The van der Waals surface area contributed by atoms with Crippen LogP contribution in [-0.2, 0) is 105 Å². The molecule has 0 radical (unpaired) electrons. The standard InChI is InChI=1S/C36H21N5.2C29H19N5O.C29H19N5.4Pt/c1-2-12-26(13-3-1)39-27-14-6-10-24(22-27)29-16-8-17-30(37-29)25-11-7-15-28(23-25)40-31-18-4-5-19-32(31)41-34-21-9-20-33(39)35(34)38-36(40)41;1-32-17-16-30-28(32)20-8-6-10-22(18-20)35-23-11-7-9-21(19-23)33-26-14-4-5-15-27(26)34-25-13-3-2-12-24(25)31-29(33)34;1-32-18-17-30-28(32)20-9-7-12-22(19-20)35-26-16-8-15-25-27(26)31-29-33(21-10-3-2-4-11-21)23-13-5-6-14-24(23)34(25)29;1-32-17-16-30-28(32)22-10-6-8-20(18-22)21-9-7-11-23(19-21)33-26-14-4-5-15-27(26)34-25-13-3-2-12-24(25)31-29(33)34;;;;/h1-21H;2-17H,1H3;2-10,12-18H,1H3;2-17H,1H3;;;;/q4*-2;4*+2. The number of ether oxygens (including phenoxy) is 2. The number of pyridine rings is 1. The molecule has 8 bridgehead atoms. The number of para-hydroxylation sites is 16. The molecule has 0 aliphatic heterocycles. The second-order valence-electron chi connectivity index (χ2n) is 35.2. The van der Waals surface area contributed by atoms with Crippen LogP contribution in [0.25, 0.3) is 218 Å². The van der Waals surface area contributed by atoms with Gasteiger partial charge in [0.2, 0.25) is 23.1 Å². The Morgan fingerprint density at radius 1 is 0.228 bits per heavy atom. The van der Waals surface area contributed by atoms with Gasteiger partial charge in [-0.05, 0) is 137 Å². The first-order chi connectivity index (χ1) is 71.6. The summed E-state index contributed by atoms with van der Waals surface area (Å²) in [7, 11) is 5.92. The SMILES string of the molecule is Cn1ccnc1-c1[c-]c(-c2[c-]c(-n3c4ccccc4n4c5ccccc5nc34)ccc2)ccc1.Cn1ccnc1-c1[c-]c(Oc2[c-]c(-n3c4ccccc4n4c5ccccc5nc34)ccc2)ccc1.Cn1ccnc1-c1[c-]c(Oc2cccc3c2nc2n(-c4[c-]cccc4)c4ccccc4n32)ccc1.[Pt+2].[Pt+2].[Pt+2].[Pt+2].[c-]1c2cccc1n(-c1ccccc1)c1cccc3c1nc1n(c4[c-]c(ccc4)c4cccc2n4)c2ccccc2n31. The van der Waals surface area contributed by atoms with Gasteiger partial charge >= 0.3 is 84.3 Å². The molecule has 149 heavy (non-hydrogen) atoms. The zero-order valence-corrected chi connectivity index (χ0v) is 88.5. The molecular weight excluding hydrogens is 2570 g/mol. The maximum atomic E-state index is 6.34. The van der Waals surface area contributed by atoms with E-state index in [-0.39, 0.29) is 84.3 Å². The predicted octanol–water partition coefficient (Wildman–Crippen LogP) is 26.8. The fourth-order valence-corrected chi connectivity index (χ4v) is 20.0. The van der Waals surface area contributed by atoms with Crippen molar-refractivity contribution in [2.75, 3.05) is 0 Å².